The van der Waals surface area contributed by atoms with Crippen LogP contribution in [0.25, 0.3) is 0 Å². The molecule has 1 rings (SSSR count). The van der Waals surface area contributed by atoms with Gasteiger partial charge in [0.05, 0.1) is 0 Å². The number of nitrogens with zero attached hydrogens (tertiary/aromatic N) is 1. The summed E-state index contributed by atoms with van der Waals surface area (Å²) in [5.41, 5.74) is 0.973. The van der Waals surface area contributed by atoms with Crippen molar-refractivity contribution < 1.29 is 9.59 Å². The third-order valence-electron chi connectivity index (χ3n) is 2.75. The number of carbonyl (C=O) groups is 2. The predicted molar refractivity (Wildman–Crippen MR) is 64.0 cm³/mol. The van der Waals surface area contributed by atoms with Crippen LogP contribution in [-0.4, -0.2) is 29.7 Å². The molecule has 0 unspecified atom stereocenters. The van der Waals surface area contributed by atoms with E-state index >= 15 is 0 Å². The van der Waals surface area contributed by atoms with Crippen molar-refractivity contribution in [2.45, 2.75) is 33.1 Å². The van der Waals surface area contributed by atoms with E-state index in [0.717, 1.165) is 25.9 Å². The molecule has 1 amide bonds. The molecule has 1 heterocycles. The summed E-state index contributed by atoms with van der Waals surface area (Å²) in [6.07, 6.45) is 4.71. The van der Waals surface area contributed by atoms with Crippen LogP contribution in [0.3, 0.4) is 0 Å². The number of hydrogen-bond donors (Lipinski definition) is 0. The summed E-state index contributed by atoms with van der Waals surface area (Å²) in [7, 11) is 0. The average molecular weight is 221 g/mol. The zero-order valence-electron chi connectivity index (χ0n) is 10.1. The number of ketones is 1. The molecule has 88 valence electrons. The average Bonchev–Trinajstić information content (AvgIpc) is 2.28. The number of hydrogen-bond acceptors (Lipinski definition) is 2. The lowest BCUT2D eigenvalue weighted by Gasteiger charge is -2.26. The molecular weight excluding hydrogens is 202 g/mol. The molecule has 0 saturated carbocycles. The molecule has 3 nitrogen and oxygen atoms in total. The Morgan fingerprint density at radius 1 is 1.12 bits per heavy atom. The fourth-order valence-electron chi connectivity index (χ4n) is 1.73. The summed E-state index contributed by atoms with van der Waals surface area (Å²) in [4.78, 5) is 25.1. The van der Waals surface area contributed by atoms with Crippen molar-refractivity contribution in [3.63, 3.8) is 0 Å². The van der Waals surface area contributed by atoms with Gasteiger partial charge in [0.25, 0.3) is 0 Å². The molecular formula is C13H19NO2. The van der Waals surface area contributed by atoms with E-state index in [9.17, 15) is 9.59 Å². The number of amides is 1. The fraction of sp³-hybridized carbons (Fsp3) is 0.538. The first-order valence-corrected chi connectivity index (χ1v) is 5.70. The van der Waals surface area contributed by atoms with Crippen LogP contribution in [0, 0.1) is 0 Å². The Kier molecular flexibility index (Phi) is 4.47. The van der Waals surface area contributed by atoms with Crippen LogP contribution in [0.2, 0.25) is 0 Å². The molecule has 3 heteroatoms. The SMILES string of the molecule is C=C(C)C(=O)/C=C(\C)C(=O)N1CCCCC1. The van der Waals surface area contributed by atoms with E-state index in [2.05, 4.69) is 6.58 Å². The van der Waals surface area contributed by atoms with Gasteiger partial charge in [0.1, 0.15) is 0 Å². The largest absolute Gasteiger partial charge is 0.339 e. The van der Waals surface area contributed by atoms with Gasteiger partial charge in [0, 0.05) is 18.7 Å². The van der Waals surface area contributed by atoms with Crippen molar-refractivity contribution in [2.24, 2.45) is 0 Å². The van der Waals surface area contributed by atoms with Gasteiger partial charge in [-0.3, -0.25) is 9.59 Å². The van der Waals surface area contributed by atoms with Crippen molar-refractivity contribution in [2.75, 3.05) is 13.1 Å². The summed E-state index contributed by atoms with van der Waals surface area (Å²) < 4.78 is 0. The molecule has 0 aromatic carbocycles. The van der Waals surface area contributed by atoms with Gasteiger partial charge in [-0.25, -0.2) is 0 Å². The zero-order chi connectivity index (χ0) is 12.1. The van der Waals surface area contributed by atoms with Crippen LogP contribution < -0.4 is 0 Å². The minimum atomic E-state index is -0.164. The van der Waals surface area contributed by atoms with E-state index < -0.39 is 0 Å². The van der Waals surface area contributed by atoms with Crippen LogP contribution in [0.4, 0.5) is 0 Å². The Bertz CT molecular complexity index is 336. The maximum atomic E-state index is 11.9. The number of likely N-dealkylation sites (tertiary alicyclic amines) is 1. The molecule has 1 saturated heterocycles. The predicted octanol–water partition coefficient (Wildman–Crippen LogP) is 2.09. The van der Waals surface area contributed by atoms with Crippen LogP contribution in [0.15, 0.2) is 23.8 Å². The molecule has 0 aromatic heterocycles. The topological polar surface area (TPSA) is 37.4 Å². The zero-order valence-corrected chi connectivity index (χ0v) is 10.1. The maximum absolute atomic E-state index is 11.9. The summed E-state index contributed by atoms with van der Waals surface area (Å²) in [6, 6.07) is 0. The molecule has 0 radical (unpaired) electrons. The van der Waals surface area contributed by atoms with E-state index in [1.807, 2.05) is 4.90 Å². The quantitative estimate of drug-likeness (QED) is 0.684. The number of rotatable bonds is 3. The second-order valence-corrected chi connectivity index (χ2v) is 4.32. The highest BCUT2D eigenvalue weighted by Crippen LogP contribution is 2.12. The maximum Gasteiger partial charge on any atom is 0.249 e. The first-order chi connectivity index (χ1) is 7.52. The third kappa shape index (κ3) is 3.33. The summed E-state index contributed by atoms with van der Waals surface area (Å²) in [5.74, 6) is -0.183. The van der Waals surface area contributed by atoms with E-state index in [0.29, 0.717) is 11.1 Å². The first-order valence-electron chi connectivity index (χ1n) is 5.70. The summed E-state index contributed by atoms with van der Waals surface area (Å²) in [5, 5.41) is 0. The fourth-order valence-corrected chi connectivity index (χ4v) is 1.73. The molecule has 1 aliphatic heterocycles. The van der Waals surface area contributed by atoms with Crippen molar-refractivity contribution >= 4 is 11.7 Å². The van der Waals surface area contributed by atoms with Crippen molar-refractivity contribution in [3.8, 4) is 0 Å². The minimum absolute atomic E-state index is 0.0192. The first kappa shape index (κ1) is 12.7. The highest BCUT2D eigenvalue weighted by atomic mass is 16.2. The van der Waals surface area contributed by atoms with Gasteiger partial charge < -0.3 is 4.90 Å². The van der Waals surface area contributed by atoms with Gasteiger partial charge in [0.2, 0.25) is 5.91 Å². The van der Waals surface area contributed by atoms with Gasteiger partial charge in [-0.1, -0.05) is 6.58 Å². The molecule has 0 aliphatic carbocycles. The molecule has 16 heavy (non-hydrogen) atoms. The second kappa shape index (κ2) is 5.64. The Hall–Kier alpha value is -1.38. The molecule has 0 spiro atoms. The standard InChI is InChI=1S/C13H19NO2/c1-10(2)12(15)9-11(3)13(16)14-7-5-4-6-8-14/h9H,1,4-8H2,2-3H3/b11-9+. The number of allylic oxidation sites excluding steroid dienone is 2. The van der Waals surface area contributed by atoms with Crippen LogP contribution in [0.1, 0.15) is 33.1 Å². The number of carbonyl (C=O) groups excluding carboxylic acids is 2. The molecule has 0 bridgehead atoms. The van der Waals surface area contributed by atoms with Crippen LogP contribution in [-0.2, 0) is 9.59 Å². The Labute approximate surface area is 96.8 Å². The lowest BCUT2D eigenvalue weighted by atomic mass is 10.1. The lowest BCUT2D eigenvalue weighted by Crippen LogP contribution is -2.36. The van der Waals surface area contributed by atoms with E-state index in [1.165, 1.54) is 12.5 Å². The van der Waals surface area contributed by atoms with E-state index in [1.54, 1.807) is 13.8 Å². The Balaban J connectivity index is 2.65. The molecule has 0 aromatic rings. The highest BCUT2D eigenvalue weighted by molar-refractivity contribution is 6.08. The highest BCUT2D eigenvalue weighted by Gasteiger charge is 2.18. The second-order valence-electron chi connectivity index (χ2n) is 4.32. The van der Waals surface area contributed by atoms with E-state index in [4.69, 9.17) is 0 Å². The van der Waals surface area contributed by atoms with E-state index in [-0.39, 0.29) is 11.7 Å². The van der Waals surface area contributed by atoms with Gasteiger partial charge in [-0.05, 0) is 44.8 Å². The molecule has 0 N–H and O–H groups in total. The van der Waals surface area contributed by atoms with Gasteiger partial charge in [0.15, 0.2) is 5.78 Å². The van der Waals surface area contributed by atoms with Crippen LogP contribution >= 0.6 is 0 Å². The number of piperidine rings is 1. The minimum Gasteiger partial charge on any atom is -0.339 e. The normalized spacial score (nSPS) is 17.1. The van der Waals surface area contributed by atoms with Crippen LogP contribution in [0.5, 0.6) is 0 Å². The van der Waals surface area contributed by atoms with Crippen molar-refractivity contribution in [1.29, 1.82) is 0 Å². The van der Waals surface area contributed by atoms with Gasteiger partial charge in [-0.15, -0.1) is 0 Å². The monoisotopic (exact) mass is 221 g/mol. The Morgan fingerprint density at radius 2 is 1.69 bits per heavy atom. The Morgan fingerprint density at radius 3 is 2.19 bits per heavy atom. The smallest absolute Gasteiger partial charge is 0.249 e. The van der Waals surface area contributed by atoms with Gasteiger partial charge in [-0.2, -0.15) is 0 Å². The lowest BCUT2D eigenvalue weighted by molar-refractivity contribution is -0.128. The summed E-state index contributed by atoms with van der Waals surface area (Å²) in [6.45, 7) is 8.53. The van der Waals surface area contributed by atoms with Crippen molar-refractivity contribution in [1.82, 2.24) is 4.90 Å². The van der Waals surface area contributed by atoms with Crippen molar-refractivity contribution in [3.05, 3.63) is 23.8 Å². The summed E-state index contributed by atoms with van der Waals surface area (Å²) >= 11 is 0. The third-order valence-corrected chi connectivity index (χ3v) is 2.75. The molecule has 0 atom stereocenters. The van der Waals surface area contributed by atoms with Gasteiger partial charge >= 0.3 is 0 Å². The molecule has 1 aliphatic rings. The molecule has 1 fully saturated rings.